The number of imidazole rings is 1. The highest BCUT2D eigenvalue weighted by atomic mass is 16.1. The molecule has 0 saturated heterocycles. The van der Waals surface area contributed by atoms with Crippen LogP contribution in [0.3, 0.4) is 0 Å². The predicted octanol–water partition coefficient (Wildman–Crippen LogP) is 4.31. The minimum Gasteiger partial charge on any atom is -0.350 e. The van der Waals surface area contributed by atoms with Crippen molar-refractivity contribution in [2.45, 2.75) is 25.3 Å². The van der Waals surface area contributed by atoms with Crippen LogP contribution in [0.5, 0.6) is 0 Å². The summed E-state index contributed by atoms with van der Waals surface area (Å²) in [5, 5.41) is 14.4. The molecule has 8 heteroatoms. The van der Waals surface area contributed by atoms with Crippen LogP contribution in [0.1, 0.15) is 28.9 Å². The number of nitrogens with zero attached hydrogens (tertiary/aromatic N) is 3. The fourth-order valence-electron chi connectivity index (χ4n) is 3.77. The Morgan fingerprint density at radius 1 is 1.16 bits per heavy atom. The Morgan fingerprint density at radius 3 is 3.03 bits per heavy atom. The van der Waals surface area contributed by atoms with Crippen molar-refractivity contribution in [2.24, 2.45) is 4.99 Å². The lowest BCUT2D eigenvalue weighted by atomic mass is 10.0. The molecule has 0 bridgehead atoms. The second-order valence-corrected chi connectivity index (χ2v) is 7.75. The van der Waals surface area contributed by atoms with E-state index in [4.69, 9.17) is 4.99 Å². The lowest BCUT2D eigenvalue weighted by Gasteiger charge is -2.17. The number of rotatable bonds is 6. The molecule has 4 aromatic rings. The summed E-state index contributed by atoms with van der Waals surface area (Å²) >= 11 is 0. The first-order valence-electron chi connectivity index (χ1n) is 10.6. The molecule has 2 aromatic heterocycles. The standard InChI is InChI=1S/C24H23N7O/c32-24(22-14-25-15-26-22)30-19-5-1-3-16(11-19)7-8-18-4-2-6-23(28-18)29-20-9-10-21-17(12-20)13-27-31-21/h1-3,5-6,9-15,18H,4,7-8H2,(H,25,26)(H,27,31)(H,28,29)(H,30,32). The van der Waals surface area contributed by atoms with Gasteiger partial charge in [-0.3, -0.25) is 14.9 Å². The highest BCUT2D eigenvalue weighted by Crippen LogP contribution is 2.20. The second kappa shape index (κ2) is 8.89. The van der Waals surface area contributed by atoms with Crippen LogP contribution in [0.25, 0.3) is 10.9 Å². The van der Waals surface area contributed by atoms with Gasteiger partial charge in [-0.25, -0.2) is 4.98 Å². The molecular formula is C24H23N7O. The third-order valence-corrected chi connectivity index (χ3v) is 5.40. The Balaban J connectivity index is 1.19. The number of nitrogens with one attached hydrogen (secondary N) is 4. The quantitative estimate of drug-likeness (QED) is 0.369. The van der Waals surface area contributed by atoms with E-state index in [9.17, 15) is 4.79 Å². The molecule has 0 saturated carbocycles. The molecule has 0 spiro atoms. The van der Waals surface area contributed by atoms with E-state index in [1.165, 1.54) is 6.33 Å². The lowest BCUT2D eigenvalue weighted by molar-refractivity contribution is 0.102. The first kappa shape index (κ1) is 19.7. The van der Waals surface area contributed by atoms with Gasteiger partial charge in [0.15, 0.2) is 0 Å². The fraction of sp³-hybridized carbons (Fsp3) is 0.167. The Bertz CT molecular complexity index is 1290. The van der Waals surface area contributed by atoms with Gasteiger partial charge in [0, 0.05) is 23.0 Å². The van der Waals surface area contributed by atoms with Gasteiger partial charge in [0.2, 0.25) is 0 Å². The van der Waals surface area contributed by atoms with Crippen LogP contribution in [0, 0.1) is 0 Å². The van der Waals surface area contributed by atoms with E-state index in [2.05, 4.69) is 49.0 Å². The smallest absolute Gasteiger partial charge is 0.275 e. The number of H-pyrrole nitrogens is 2. The van der Waals surface area contributed by atoms with Gasteiger partial charge in [-0.05, 0) is 61.2 Å². The summed E-state index contributed by atoms with van der Waals surface area (Å²) in [4.78, 5) is 23.9. The number of aromatic amines is 2. The van der Waals surface area contributed by atoms with Gasteiger partial charge in [-0.1, -0.05) is 18.2 Å². The molecule has 0 radical (unpaired) electrons. The van der Waals surface area contributed by atoms with E-state index in [0.29, 0.717) is 5.69 Å². The minimum absolute atomic E-state index is 0.211. The van der Waals surface area contributed by atoms with E-state index >= 15 is 0 Å². The topological polar surface area (TPSA) is 111 Å². The van der Waals surface area contributed by atoms with Crippen molar-refractivity contribution in [3.63, 3.8) is 0 Å². The molecule has 160 valence electrons. The molecule has 0 fully saturated rings. The number of anilines is 2. The molecule has 1 aliphatic rings. The molecule has 5 rings (SSSR count). The van der Waals surface area contributed by atoms with Gasteiger partial charge in [-0.15, -0.1) is 0 Å². The van der Waals surface area contributed by atoms with Crippen molar-refractivity contribution in [3.8, 4) is 0 Å². The van der Waals surface area contributed by atoms with Crippen molar-refractivity contribution >= 4 is 34.0 Å². The zero-order chi connectivity index (χ0) is 21.8. The molecule has 4 N–H and O–H groups in total. The van der Waals surface area contributed by atoms with Crippen LogP contribution in [0.2, 0.25) is 0 Å². The summed E-state index contributed by atoms with van der Waals surface area (Å²) < 4.78 is 0. The molecule has 32 heavy (non-hydrogen) atoms. The van der Waals surface area contributed by atoms with Crippen LogP contribution in [-0.2, 0) is 6.42 Å². The number of dihydropyridines is 1. The molecule has 0 aliphatic carbocycles. The van der Waals surface area contributed by atoms with Crippen molar-refractivity contribution in [1.29, 1.82) is 0 Å². The molecule has 1 amide bonds. The zero-order valence-corrected chi connectivity index (χ0v) is 17.4. The summed E-state index contributed by atoms with van der Waals surface area (Å²) in [5.41, 5.74) is 4.29. The fourth-order valence-corrected chi connectivity index (χ4v) is 3.77. The Labute approximate surface area is 184 Å². The molecule has 1 aliphatic heterocycles. The van der Waals surface area contributed by atoms with E-state index in [1.807, 2.05) is 42.6 Å². The summed E-state index contributed by atoms with van der Waals surface area (Å²) in [7, 11) is 0. The third-order valence-electron chi connectivity index (χ3n) is 5.40. The van der Waals surface area contributed by atoms with Crippen molar-refractivity contribution in [1.82, 2.24) is 20.2 Å². The van der Waals surface area contributed by atoms with Gasteiger partial charge in [0.1, 0.15) is 11.5 Å². The van der Waals surface area contributed by atoms with E-state index in [0.717, 1.165) is 52.9 Å². The molecule has 8 nitrogen and oxygen atoms in total. The number of hydrogen-bond acceptors (Lipinski definition) is 5. The molecule has 1 atom stereocenters. The largest absolute Gasteiger partial charge is 0.350 e. The highest BCUT2D eigenvalue weighted by molar-refractivity contribution is 6.05. The maximum Gasteiger partial charge on any atom is 0.275 e. The number of amidine groups is 1. The van der Waals surface area contributed by atoms with Gasteiger partial charge in [-0.2, -0.15) is 5.10 Å². The number of amides is 1. The number of hydrogen-bond donors (Lipinski definition) is 4. The zero-order valence-electron chi connectivity index (χ0n) is 17.4. The van der Waals surface area contributed by atoms with Crippen LogP contribution in [0.15, 0.2) is 78.3 Å². The first-order chi connectivity index (χ1) is 15.7. The summed E-state index contributed by atoms with van der Waals surface area (Å²) in [6.07, 6.45) is 11.8. The SMILES string of the molecule is O=C(Nc1cccc(CCC2CC=CC(Nc3ccc4[nH]ncc4c3)=N2)c1)c1c[nH]cn1. The maximum absolute atomic E-state index is 12.2. The first-order valence-corrected chi connectivity index (χ1v) is 10.6. The average molecular weight is 425 g/mol. The van der Waals surface area contributed by atoms with Crippen molar-refractivity contribution < 1.29 is 4.79 Å². The van der Waals surface area contributed by atoms with Crippen LogP contribution in [-0.4, -0.2) is 37.9 Å². The molecule has 2 aromatic carbocycles. The number of aliphatic imine (C=N–C) groups is 1. The maximum atomic E-state index is 12.2. The second-order valence-electron chi connectivity index (χ2n) is 7.75. The number of benzene rings is 2. The predicted molar refractivity (Wildman–Crippen MR) is 126 cm³/mol. The van der Waals surface area contributed by atoms with E-state index < -0.39 is 0 Å². The summed E-state index contributed by atoms with van der Waals surface area (Å²) in [6.45, 7) is 0. The Hall–Kier alpha value is -4.20. The Morgan fingerprint density at radius 2 is 2.12 bits per heavy atom. The van der Waals surface area contributed by atoms with E-state index in [1.54, 1.807) is 6.20 Å². The normalized spacial score (nSPS) is 15.5. The van der Waals surface area contributed by atoms with Crippen LogP contribution in [0.4, 0.5) is 11.4 Å². The van der Waals surface area contributed by atoms with Crippen LogP contribution >= 0.6 is 0 Å². The highest BCUT2D eigenvalue weighted by Gasteiger charge is 2.13. The van der Waals surface area contributed by atoms with Gasteiger partial charge >= 0.3 is 0 Å². The summed E-state index contributed by atoms with van der Waals surface area (Å²) in [5.74, 6) is 0.638. The number of fused-ring (bicyclic) bond motifs is 1. The number of carbonyl (C=O) groups excluding carboxylic acids is 1. The average Bonchev–Trinajstić information content (AvgIpc) is 3.50. The van der Waals surface area contributed by atoms with E-state index in [-0.39, 0.29) is 11.9 Å². The number of aromatic nitrogens is 4. The number of aryl methyl sites for hydroxylation is 1. The molecule has 1 unspecified atom stereocenters. The van der Waals surface area contributed by atoms with Gasteiger partial charge < -0.3 is 15.6 Å². The minimum atomic E-state index is -0.227. The van der Waals surface area contributed by atoms with Crippen molar-refractivity contribution in [2.75, 3.05) is 10.6 Å². The molecular weight excluding hydrogens is 402 g/mol. The van der Waals surface area contributed by atoms with Gasteiger partial charge in [0.05, 0.1) is 24.1 Å². The lowest BCUT2D eigenvalue weighted by Crippen LogP contribution is -2.18. The Kier molecular flexibility index (Phi) is 5.48. The third kappa shape index (κ3) is 4.59. The molecule has 3 heterocycles. The van der Waals surface area contributed by atoms with Gasteiger partial charge in [0.25, 0.3) is 5.91 Å². The number of carbonyl (C=O) groups is 1. The summed E-state index contributed by atoms with van der Waals surface area (Å²) in [6, 6.07) is 14.2. The van der Waals surface area contributed by atoms with Crippen LogP contribution < -0.4 is 10.6 Å². The monoisotopic (exact) mass is 425 g/mol. The van der Waals surface area contributed by atoms with Crippen molar-refractivity contribution in [3.05, 3.63) is 84.6 Å².